The second-order valence-electron chi connectivity index (χ2n) is 4.49. The molecule has 1 heterocycles. The number of hydrogen-bond donors (Lipinski definition) is 2. The Bertz CT molecular complexity index is 545. The minimum absolute atomic E-state index is 0.0389. The maximum Gasteiger partial charge on any atom is 0.282 e. The number of aliphatic imine (C=N–C) groups is 1. The molecule has 4 N–H and O–H groups in total. The predicted octanol–water partition coefficient (Wildman–Crippen LogP) is 1.26. The van der Waals surface area contributed by atoms with Crippen molar-refractivity contribution in [2.24, 2.45) is 16.5 Å². The minimum atomic E-state index is -0.794. The van der Waals surface area contributed by atoms with E-state index in [9.17, 15) is 9.18 Å². The molecule has 0 aromatic heterocycles. The number of benzene rings is 1. The smallest absolute Gasteiger partial charge is 0.282 e. The lowest BCUT2D eigenvalue weighted by Gasteiger charge is -2.33. The number of amides is 1. The Hall–Kier alpha value is -2.11. The van der Waals surface area contributed by atoms with Crippen LogP contribution in [0.2, 0.25) is 0 Å². The van der Waals surface area contributed by atoms with Crippen LogP contribution in [0.15, 0.2) is 23.2 Å². The number of carbonyl (C=O) groups is 1. The lowest BCUT2D eigenvalue weighted by Crippen LogP contribution is -2.36. The van der Waals surface area contributed by atoms with E-state index >= 15 is 0 Å². The van der Waals surface area contributed by atoms with Gasteiger partial charge in [-0.3, -0.25) is 4.79 Å². The van der Waals surface area contributed by atoms with Crippen LogP contribution in [-0.4, -0.2) is 18.5 Å². The normalized spacial score (nSPS) is 22.5. The van der Waals surface area contributed by atoms with Gasteiger partial charge in [-0.2, -0.15) is 0 Å². The van der Waals surface area contributed by atoms with E-state index < -0.39 is 17.3 Å². The van der Waals surface area contributed by atoms with Crippen molar-refractivity contribution in [1.29, 1.82) is 0 Å². The van der Waals surface area contributed by atoms with Crippen molar-refractivity contribution in [2.45, 2.75) is 25.3 Å². The third-order valence-corrected chi connectivity index (χ3v) is 3.43. The summed E-state index contributed by atoms with van der Waals surface area (Å²) in [5, 5.41) is 0. The topological polar surface area (TPSA) is 90.7 Å². The molecule has 2 rings (SSSR count). The van der Waals surface area contributed by atoms with Gasteiger partial charge in [0.1, 0.15) is 5.82 Å². The molecule has 0 saturated heterocycles. The Morgan fingerprint density at radius 3 is 2.89 bits per heavy atom. The van der Waals surface area contributed by atoms with Crippen LogP contribution >= 0.6 is 0 Å². The van der Waals surface area contributed by atoms with Crippen molar-refractivity contribution in [2.75, 3.05) is 6.61 Å². The zero-order valence-corrected chi connectivity index (χ0v) is 10.6. The third-order valence-electron chi connectivity index (χ3n) is 3.43. The Balaban J connectivity index is 2.57. The highest BCUT2D eigenvalue weighted by Crippen LogP contribution is 2.37. The molecule has 0 radical (unpaired) electrons. The van der Waals surface area contributed by atoms with Crippen molar-refractivity contribution in [3.63, 3.8) is 0 Å². The van der Waals surface area contributed by atoms with Crippen LogP contribution in [0.1, 0.15) is 35.7 Å². The first-order chi connectivity index (χ1) is 8.98. The second-order valence-corrected chi connectivity index (χ2v) is 4.49. The predicted molar refractivity (Wildman–Crippen MR) is 69.1 cm³/mol. The minimum Gasteiger partial charge on any atom is -0.465 e. The van der Waals surface area contributed by atoms with Gasteiger partial charge in [-0.15, -0.1) is 0 Å². The first kappa shape index (κ1) is 13.3. The maximum absolute atomic E-state index is 14.1. The van der Waals surface area contributed by atoms with E-state index in [0.29, 0.717) is 25.0 Å². The van der Waals surface area contributed by atoms with Gasteiger partial charge < -0.3 is 16.2 Å². The number of nitrogens with zero attached hydrogens (tertiary/aromatic N) is 1. The summed E-state index contributed by atoms with van der Waals surface area (Å²) in [6.07, 6.45) is 1.06. The number of rotatable bonds is 3. The number of amidine groups is 1. The number of hydrogen-bond acceptors (Lipinski definition) is 4. The highest BCUT2D eigenvalue weighted by Gasteiger charge is 2.36. The molecular weight excluding hydrogens is 249 g/mol. The van der Waals surface area contributed by atoms with Gasteiger partial charge in [0.15, 0.2) is 0 Å². The molecule has 1 aromatic rings. The lowest BCUT2D eigenvalue weighted by atomic mass is 9.83. The van der Waals surface area contributed by atoms with Crippen LogP contribution in [0.3, 0.4) is 0 Å². The zero-order chi connectivity index (χ0) is 14.0. The van der Waals surface area contributed by atoms with Crippen LogP contribution in [0.25, 0.3) is 0 Å². The van der Waals surface area contributed by atoms with Gasteiger partial charge in [0.25, 0.3) is 6.02 Å². The van der Waals surface area contributed by atoms with Crippen LogP contribution < -0.4 is 11.5 Å². The number of nitrogens with two attached hydrogens (primary N) is 2. The van der Waals surface area contributed by atoms with E-state index in [1.54, 1.807) is 0 Å². The van der Waals surface area contributed by atoms with Crippen LogP contribution in [-0.2, 0) is 10.3 Å². The van der Waals surface area contributed by atoms with Gasteiger partial charge in [0, 0.05) is 17.5 Å². The zero-order valence-electron chi connectivity index (χ0n) is 10.6. The fourth-order valence-corrected chi connectivity index (χ4v) is 2.30. The number of carbonyl (C=O) groups excluding carboxylic acids is 1. The molecule has 1 aliphatic rings. The Morgan fingerprint density at radius 1 is 1.58 bits per heavy atom. The standard InChI is InChI=1S/C13H16FN3O2/c1-2-13(5-6-19-12(16)17-13)9-7-8(11(15)18)3-4-10(9)14/h3-4,7H,2,5-6H2,1H3,(H2,15,18)(H2,16,17). The van der Waals surface area contributed by atoms with Gasteiger partial charge in [-0.1, -0.05) is 6.92 Å². The Kier molecular flexibility index (Phi) is 3.42. The Morgan fingerprint density at radius 2 is 2.32 bits per heavy atom. The molecule has 1 aliphatic heterocycles. The fraction of sp³-hybridized carbons (Fsp3) is 0.385. The van der Waals surface area contributed by atoms with E-state index in [0.717, 1.165) is 0 Å². The maximum atomic E-state index is 14.1. The van der Waals surface area contributed by atoms with E-state index in [2.05, 4.69) is 4.99 Å². The summed E-state index contributed by atoms with van der Waals surface area (Å²) in [6.45, 7) is 2.25. The molecule has 1 unspecified atom stereocenters. The monoisotopic (exact) mass is 265 g/mol. The van der Waals surface area contributed by atoms with Crippen molar-refractivity contribution < 1.29 is 13.9 Å². The molecule has 0 saturated carbocycles. The SMILES string of the molecule is CCC1(c2cc(C(N)=O)ccc2F)CCOC(N)=N1. The summed E-state index contributed by atoms with van der Waals surface area (Å²) in [5.41, 5.74) is 10.6. The molecule has 0 aliphatic carbocycles. The summed E-state index contributed by atoms with van der Waals surface area (Å²) in [4.78, 5) is 15.5. The molecule has 1 amide bonds. The van der Waals surface area contributed by atoms with Gasteiger partial charge in [-0.25, -0.2) is 9.38 Å². The average Bonchev–Trinajstić information content (AvgIpc) is 2.38. The van der Waals surface area contributed by atoms with E-state index in [-0.39, 0.29) is 11.6 Å². The molecule has 0 fully saturated rings. The van der Waals surface area contributed by atoms with Crippen molar-refractivity contribution in [3.8, 4) is 0 Å². The summed E-state index contributed by atoms with van der Waals surface area (Å²) in [5.74, 6) is -1.03. The highest BCUT2D eigenvalue weighted by atomic mass is 19.1. The van der Waals surface area contributed by atoms with Crippen molar-refractivity contribution in [3.05, 3.63) is 35.1 Å². The van der Waals surface area contributed by atoms with Gasteiger partial charge in [0.2, 0.25) is 5.91 Å². The van der Waals surface area contributed by atoms with E-state index in [4.69, 9.17) is 16.2 Å². The molecule has 102 valence electrons. The lowest BCUT2D eigenvalue weighted by molar-refractivity contribution is 0.1000. The number of ether oxygens (including phenoxy) is 1. The van der Waals surface area contributed by atoms with Crippen molar-refractivity contribution >= 4 is 11.9 Å². The first-order valence-electron chi connectivity index (χ1n) is 6.06. The molecule has 1 atom stereocenters. The van der Waals surface area contributed by atoms with Crippen LogP contribution in [0.4, 0.5) is 4.39 Å². The van der Waals surface area contributed by atoms with Crippen molar-refractivity contribution in [1.82, 2.24) is 0 Å². The van der Waals surface area contributed by atoms with Crippen LogP contribution in [0, 0.1) is 5.82 Å². The number of primary amides is 1. The quantitative estimate of drug-likeness (QED) is 0.862. The largest absolute Gasteiger partial charge is 0.465 e. The highest BCUT2D eigenvalue weighted by molar-refractivity contribution is 5.93. The molecule has 0 bridgehead atoms. The van der Waals surface area contributed by atoms with E-state index in [1.807, 2.05) is 6.92 Å². The summed E-state index contributed by atoms with van der Waals surface area (Å²) in [7, 11) is 0. The van der Waals surface area contributed by atoms with Gasteiger partial charge in [-0.05, 0) is 24.6 Å². The fourth-order valence-electron chi connectivity index (χ4n) is 2.30. The summed E-state index contributed by atoms with van der Waals surface area (Å²) < 4.78 is 19.2. The molecule has 6 heteroatoms. The molecule has 0 spiro atoms. The first-order valence-corrected chi connectivity index (χ1v) is 6.06. The molecular formula is C13H16FN3O2. The summed E-state index contributed by atoms with van der Waals surface area (Å²) in [6, 6.07) is 4.07. The average molecular weight is 265 g/mol. The van der Waals surface area contributed by atoms with Gasteiger partial charge in [0.05, 0.1) is 12.1 Å². The number of halogens is 1. The third kappa shape index (κ3) is 2.38. The van der Waals surface area contributed by atoms with E-state index in [1.165, 1.54) is 18.2 Å². The molecule has 19 heavy (non-hydrogen) atoms. The molecule has 1 aromatic carbocycles. The second kappa shape index (κ2) is 4.87. The van der Waals surface area contributed by atoms with Crippen LogP contribution in [0.5, 0.6) is 0 Å². The molecule has 5 nitrogen and oxygen atoms in total. The van der Waals surface area contributed by atoms with Gasteiger partial charge >= 0.3 is 0 Å². The Labute approximate surface area is 110 Å². The summed E-state index contributed by atoms with van der Waals surface area (Å²) >= 11 is 0.